The summed E-state index contributed by atoms with van der Waals surface area (Å²) in [6, 6.07) is 9.19. The summed E-state index contributed by atoms with van der Waals surface area (Å²) in [7, 11) is 0. The van der Waals surface area contributed by atoms with Crippen molar-refractivity contribution in [2.45, 2.75) is 13.0 Å². The van der Waals surface area contributed by atoms with Crippen molar-refractivity contribution in [1.29, 1.82) is 0 Å². The molecule has 0 saturated carbocycles. The third-order valence-corrected chi connectivity index (χ3v) is 4.32. The molecule has 23 heavy (non-hydrogen) atoms. The number of esters is 1. The molecule has 7 heteroatoms. The summed E-state index contributed by atoms with van der Waals surface area (Å²) in [6.07, 6.45) is 1.87. The molecule has 0 fully saturated rings. The number of amides is 1. The quantitative estimate of drug-likeness (QED) is 0.606. The average molecular weight is 398 g/mol. The van der Waals surface area contributed by atoms with Crippen LogP contribution < -0.4 is 5.32 Å². The van der Waals surface area contributed by atoms with Gasteiger partial charge in [0.05, 0.1) is 3.79 Å². The van der Waals surface area contributed by atoms with Crippen LogP contribution in [0.3, 0.4) is 0 Å². The Balaban J connectivity index is 1.87. The van der Waals surface area contributed by atoms with Crippen molar-refractivity contribution in [2.24, 2.45) is 0 Å². The van der Waals surface area contributed by atoms with E-state index in [2.05, 4.69) is 21.2 Å². The second-order valence-electron chi connectivity index (χ2n) is 4.55. The molecule has 0 radical (unpaired) electrons. The molecular weight excluding hydrogens is 385 g/mol. The van der Waals surface area contributed by atoms with E-state index in [9.17, 15) is 14.0 Å². The molecule has 4 nitrogen and oxygen atoms in total. The van der Waals surface area contributed by atoms with Gasteiger partial charge >= 0.3 is 5.97 Å². The van der Waals surface area contributed by atoms with Gasteiger partial charge in [-0.25, -0.2) is 9.18 Å². The minimum atomic E-state index is -0.995. The van der Waals surface area contributed by atoms with Crippen LogP contribution in [0.2, 0.25) is 0 Å². The fourth-order valence-corrected chi connectivity index (χ4v) is 2.97. The predicted molar refractivity (Wildman–Crippen MR) is 91.6 cm³/mol. The van der Waals surface area contributed by atoms with Crippen molar-refractivity contribution in [2.75, 3.05) is 5.32 Å². The lowest BCUT2D eigenvalue weighted by molar-refractivity contribution is -0.148. The van der Waals surface area contributed by atoms with Gasteiger partial charge in [0, 0.05) is 16.6 Å². The van der Waals surface area contributed by atoms with Crippen LogP contribution in [0.15, 0.2) is 46.3 Å². The Morgan fingerprint density at radius 2 is 2.13 bits per heavy atom. The number of hydrogen-bond donors (Lipinski definition) is 1. The highest BCUT2D eigenvalue weighted by molar-refractivity contribution is 9.11. The lowest BCUT2D eigenvalue weighted by Gasteiger charge is -2.12. The zero-order chi connectivity index (χ0) is 16.8. The molecule has 0 aliphatic heterocycles. The number of carbonyl (C=O) groups excluding carboxylic acids is 2. The summed E-state index contributed by atoms with van der Waals surface area (Å²) in [6.45, 7) is 1.45. The third-order valence-electron chi connectivity index (χ3n) is 2.73. The highest BCUT2D eigenvalue weighted by Crippen LogP contribution is 2.23. The van der Waals surface area contributed by atoms with Gasteiger partial charge in [0.25, 0.3) is 5.91 Å². The van der Waals surface area contributed by atoms with Gasteiger partial charge in [0.15, 0.2) is 6.10 Å². The monoisotopic (exact) mass is 397 g/mol. The molecular formula is C16H13BrFNO3S. The van der Waals surface area contributed by atoms with Crippen LogP contribution in [0.5, 0.6) is 0 Å². The van der Waals surface area contributed by atoms with E-state index in [0.29, 0.717) is 5.69 Å². The molecule has 2 aromatic rings. The smallest absolute Gasteiger partial charge is 0.331 e. The van der Waals surface area contributed by atoms with Crippen molar-refractivity contribution in [1.82, 2.24) is 0 Å². The van der Waals surface area contributed by atoms with Gasteiger partial charge in [-0.1, -0.05) is 6.07 Å². The SMILES string of the molecule is C[C@H](OC(=O)/C=C/c1ccc(Br)s1)C(=O)Nc1cccc(F)c1. The molecule has 1 aromatic heterocycles. The zero-order valence-corrected chi connectivity index (χ0v) is 14.5. The van der Waals surface area contributed by atoms with Gasteiger partial charge in [-0.15, -0.1) is 11.3 Å². The Bertz CT molecular complexity index is 744. The van der Waals surface area contributed by atoms with E-state index in [-0.39, 0.29) is 0 Å². The highest BCUT2D eigenvalue weighted by atomic mass is 79.9. The first-order valence-corrected chi connectivity index (χ1v) is 8.25. The standard InChI is InChI=1S/C16H13BrFNO3S/c1-10(16(21)19-12-4-2-3-11(18)9-12)22-15(20)8-6-13-5-7-14(17)23-13/h2-10H,1H3,(H,19,21)/b8-6+/t10-/m0/s1. The van der Waals surface area contributed by atoms with Crippen LogP contribution in [0.4, 0.5) is 10.1 Å². The maximum atomic E-state index is 13.0. The number of anilines is 1. The number of benzene rings is 1. The van der Waals surface area contributed by atoms with Gasteiger partial charge in [0.1, 0.15) is 5.82 Å². The van der Waals surface area contributed by atoms with E-state index in [0.717, 1.165) is 8.66 Å². The maximum Gasteiger partial charge on any atom is 0.331 e. The van der Waals surface area contributed by atoms with Gasteiger partial charge < -0.3 is 10.1 Å². The first kappa shape index (κ1) is 17.4. The number of halogens is 2. The third kappa shape index (κ3) is 5.61. The number of ether oxygens (including phenoxy) is 1. The lowest BCUT2D eigenvalue weighted by Crippen LogP contribution is -2.29. The maximum absolute atomic E-state index is 13.0. The Morgan fingerprint density at radius 1 is 1.35 bits per heavy atom. The van der Waals surface area contributed by atoms with E-state index in [1.165, 1.54) is 42.5 Å². The molecule has 120 valence electrons. The molecule has 0 bridgehead atoms. The van der Waals surface area contributed by atoms with Crippen LogP contribution in [0, 0.1) is 5.82 Å². The second kappa shape index (κ2) is 8.03. The number of hydrogen-bond acceptors (Lipinski definition) is 4. The summed E-state index contributed by atoms with van der Waals surface area (Å²) < 4.78 is 19.0. The van der Waals surface area contributed by atoms with Gasteiger partial charge in [-0.05, 0) is 59.3 Å². The van der Waals surface area contributed by atoms with E-state index in [1.54, 1.807) is 12.1 Å². The van der Waals surface area contributed by atoms with Crippen molar-refractivity contribution in [3.8, 4) is 0 Å². The normalized spacial score (nSPS) is 12.1. The summed E-state index contributed by atoms with van der Waals surface area (Å²) >= 11 is 4.79. The zero-order valence-electron chi connectivity index (χ0n) is 12.1. The molecule has 1 amide bonds. The molecule has 0 unspecified atom stereocenters. The first-order valence-electron chi connectivity index (χ1n) is 6.64. The summed E-state index contributed by atoms with van der Waals surface area (Å²) in [5, 5.41) is 2.48. The highest BCUT2D eigenvalue weighted by Gasteiger charge is 2.16. The Morgan fingerprint density at radius 3 is 2.78 bits per heavy atom. The molecule has 0 saturated heterocycles. The number of rotatable bonds is 5. The van der Waals surface area contributed by atoms with Crippen LogP contribution in [0.1, 0.15) is 11.8 Å². The topological polar surface area (TPSA) is 55.4 Å². The molecule has 0 aliphatic rings. The van der Waals surface area contributed by atoms with E-state index < -0.39 is 23.8 Å². The molecule has 0 spiro atoms. The molecule has 1 atom stereocenters. The average Bonchev–Trinajstić information content (AvgIpc) is 2.90. The van der Waals surface area contributed by atoms with Crippen LogP contribution in [0.25, 0.3) is 6.08 Å². The van der Waals surface area contributed by atoms with Crippen LogP contribution in [-0.4, -0.2) is 18.0 Å². The second-order valence-corrected chi connectivity index (χ2v) is 7.05. The van der Waals surface area contributed by atoms with Gasteiger partial charge in [-0.3, -0.25) is 4.79 Å². The fourth-order valence-electron chi connectivity index (χ4n) is 1.65. The van der Waals surface area contributed by atoms with Crippen molar-refractivity contribution in [3.05, 3.63) is 57.0 Å². The molecule has 2 rings (SSSR count). The van der Waals surface area contributed by atoms with Gasteiger partial charge in [-0.2, -0.15) is 0 Å². The summed E-state index contributed by atoms with van der Waals surface area (Å²) in [4.78, 5) is 24.5. The number of thiophene rings is 1. The van der Waals surface area contributed by atoms with Crippen molar-refractivity contribution < 1.29 is 18.7 Å². The number of nitrogens with one attached hydrogen (secondary N) is 1. The van der Waals surface area contributed by atoms with Crippen molar-refractivity contribution >= 4 is 50.9 Å². The van der Waals surface area contributed by atoms with Crippen LogP contribution in [-0.2, 0) is 14.3 Å². The van der Waals surface area contributed by atoms with Crippen molar-refractivity contribution in [3.63, 3.8) is 0 Å². The molecule has 1 heterocycles. The van der Waals surface area contributed by atoms with E-state index in [1.807, 2.05) is 12.1 Å². The predicted octanol–water partition coefficient (Wildman–Crippen LogP) is 4.23. The first-order chi connectivity index (χ1) is 10.9. The molecule has 1 aromatic carbocycles. The minimum Gasteiger partial charge on any atom is -0.449 e. The summed E-state index contributed by atoms with van der Waals surface area (Å²) in [5.74, 6) is -1.62. The Labute approximate surface area is 145 Å². The van der Waals surface area contributed by atoms with Gasteiger partial charge in [0.2, 0.25) is 0 Å². The Hall–Kier alpha value is -1.99. The Kier molecular flexibility index (Phi) is 6.06. The minimum absolute atomic E-state index is 0.303. The number of carbonyl (C=O) groups is 2. The fraction of sp³-hybridized carbons (Fsp3) is 0.125. The van der Waals surface area contributed by atoms with E-state index in [4.69, 9.17) is 4.74 Å². The molecule has 1 N–H and O–H groups in total. The molecule has 0 aliphatic carbocycles. The lowest BCUT2D eigenvalue weighted by atomic mass is 10.3. The largest absolute Gasteiger partial charge is 0.449 e. The van der Waals surface area contributed by atoms with Crippen LogP contribution >= 0.6 is 27.3 Å². The summed E-state index contributed by atoms with van der Waals surface area (Å²) in [5.41, 5.74) is 0.303. The van der Waals surface area contributed by atoms with E-state index >= 15 is 0 Å².